The Morgan fingerprint density at radius 2 is 2.17 bits per heavy atom. The predicted octanol–water partition coefficient (Wildman–Crippen LogP) is 1.08. The van der Waals surface area contributed by atoms with Gasteiger partial charge in [-0.3, -0.25) is 9.59 Å². The summed E-state index contributed by atoms with van der Waals surface area (Å²) in [4.78, 5) is 25.5. The van der Waals surface area contributed by atoms with Gasteiger partial charge in [-0.1, -0.05) is 0 Å². The molecule has 2 rings (SSSR count). The number of hydrogen-bond donors (Lipinski definition) is 1. The van der Waals surface area contributed by atoms with Crippen LogP contribution in [0.5, 0.6) is 0 Å². The van der Waals surface area contributed by atoms with E-state index >= 15 is 0 Å². The van der Waals surface area contributed by atoms with Crippen molar-refractivity contribution in [3.05, 3.63) is 24.0 Å². The lowest BCUT2D eigenvalue weighted by atomic mass is 10.2. The fourth-order valence-electron chi connectivity index (χ4n) is 2.01. The molecular formula is C12H13FN2O3. The van der Waals surface area contributed by atoms with Crippen molar-refractivity contribution in [2.75, 3.05) is 29.9 Å². The minimum absolute atomic E-state index is 0.158. The number of carbonyl (C=O) groups is 2. The summed E-state index contributed by atoms with van der Waals surface area (Å²) in [7, 11) is 1.56. The van der Waals surface area contributed by atoms with Crippen LogP contribution in [-0.4, -0.2) is 37.1 Å². The van der Waals surface area contributed by atoms with Crippen LogP contribution in [0.3, 0.4) is 0 Å². The minimum atomic E-state index is -0.984. The maximum absolute atomic E-state index is 13.2. The topological polar surface area (TPSA) is 60.9 Å². The third kappa shape index (κ3) is 2.27. The lowest BCUT2D eigenvalue weighted by Crippen LogP contribution is -2.30. The molecule has 0 bridgehead atoms. The Morgan fingerprint density at radius 3 is 2.83 bits per heavy atom. The van der Waals surface area contributed by atoms with Gasteiger partial charge in [-0.15, -0.1) is 0 Å². The highest BCUT2D eigenvalue weighted by atomic mass is 19.1. The molecule has 0 saturated carbocycles. The second-order valence-electron chi connectivity index (χ2n) is 4.15. The molecule has 0 fully saturated rings. The second-order valence-corrected chi connectivity index (χ2v) is 4.15. The van der Waals surface area contributed by atoms with E-state index in [0.717, 1.165) is 0 Å². The monoisotopic (exact) mass is 252 g/mol. The Labute approximate surface area is 103 Å². The van der Waals surface area contributed by atoms with Gasteiger partial charge in [-0.25, -0.2) is 4.39 Å². The molecule has 0 unspecified atom stereocenters. The molecule has 0 atom stereocenters. The second kappa shape index (κ2) is 4.64. The van der Waals surface area contributed by atoms with Crippen LogP contribution in [0.25, 0.3) is 0 Å². The molecule has 5 nitrogen and oxygen atoms in total. The number of fused-ring (bicyclic) bond motifs is 1. The van der Waals surface area contributed by atoms with Crippen LogP contribution in [0.1, 0.15) is 6.42 Å². The third-order valence-corrected chi connectivity index (χ3v) is 2.94. The molecule has 0 radical (unpaired) electrons. The van der Waals surface area contributed by atoms with Gasteiger partial charge in [0.25, 0.3) is 0 Å². The van der Waals surface area contributed by atoms with Crippen molar-refractivity contribution in [1.29, 1.82) is 0 Å². The molecule has 0 spiro atoms. The Balaban J connectivity index is 2.47. The minimum Gasteiger partial charge on any atom is -0.480 e. The summed E-state index contributed by atoms with van der Waals surface area (Å²) in [6.45, 7) is 0.105. The van der Waals surface area contributed by atoms with Crippen molar-refractivity contribution in [1.82, 2.24) is 0 Å². The summed E-state index contributed by atoms with van der Waals surface area (Å²) in [6.07, 6.45) is 0.208. The molecule has 1 heterocycles. The number of anilines is 2. The number of carboxylic acids is 1. The summed E-state index contributed by atoms with van der Waals surface area (Å²) in [6, 6.07) is 4.01. The predicted molar refractivity (Wildman–Crippen MR) is 64.3 cm³/mol. The maximum atomic E-state index is 13.2. The van der Waals surface area contributed by atoms with Crippen LogP contribution in [0.15, 0.2) is 18.2 Å². The largest absolute Gasteiger partial charge is 0.480 e. The highest BCUT2D eigenvalue weighted by molar-refractivity contribution is 5.98. The number of hydrogen-bond acceptors (Lipinski definition) is 3. The van der Waals surface area contributed by atoms with Crippen LogP contribution in [0.4, 0.5) is 15.8 Å². The van der Waals surface area contributed by atoms with E-state index < -0.39 is 11.8 Å². The van der Waals surface area contributed by atoms with E-state index in [0.29, 0.717) is 17.9 Å². The first kappa shape index (κ1) is 12.3. The summed E-state index contributed by atoms with van der Waals surface area (Å²) in [5.74, 6) is -1.59. The number of aliphatic carboxylic acids is 1. The molecule has 1 aliphatic rings. The number of nitrogens with zero attached hydrogens (tertiary/aromatic N) is 2. The lowest BCUT2D eigenvalue weighted by Gasteiger charge is -2.23. The molecule has 1 aromatic carbocycles. The van der Waals surface area contributed by atoms with Crippen LogP contribution < -0.4 is 9.80 Å². The average molecular weight is 252 g/mol. The average Bonchev–Trinajstić information content (AvgIpc) is 2.41. The van der Waals surface area contributed by atoms with Crippen LogP contribution in [0.2, 0.25) is 0 Å². The standard InChI is InChI=1S/C12H13FN2O3/c1-14-10-6-8(13)2-3-9(10)15(7-12(17)18)5-4-11(14)16/h2-3,6H,4-5,7H2,1H3,(H,17,18). The van der Waals surface area contributed by atoms with Crippen LogP contribution >= 0.6 is 0 Å². The quantitative estimate of drug-likeness (QED) is 0.855. The zero-order chi connectivity index (χ0) is 13.3. The number of carbonyl (C=O) groups excluding carboxylic acids is 1. The van der Waals surface area contributed by atoms with Crippen LogP contribution in [0, 0.1) is 5.82 Å². The van der Waals surface area contributed by atoms with Gasteiger partial charge >= 0.3 is 5.97 Å². The molecule has 6 heteroatoms. The zero-order valence-electron chi connectivity index (χ0n) is 9.89. The van der Waals surface area contributed by atoms with E-state index in [2.05, 4.69) is 0 Å². The van der Waals surface area contributed by atoms with Crippen molar-refractivity contribution >= 4 is 23.3 Å². The van der Waals surface area contributed by atoms with E-state index in [1.165, 1.54) is 23.1 Å². The van der Waals surface area contributed by atoms with Gasteiger partial charge in [0.15, 0.2) is 0 Å². The fourth-order valence-corrected chi connectivity index (χ4v) is 2.01. The number of halogens is 1. The van der Waals surface area contributed by atoms with Crippen molar-refractivity contribution < 1.29 is 19.1 Å². The smallest absolute Gasteiger partial charge is 0.323 e. The molecule has 1 N–H and O–H groups in total. The first-order chi connectivity index (χ1) is 8.49. The third-order valence-electron chi connectivity index (χ3n) is 2.94. The SMILES string of the molecule is CN1C(=O)CCN(CC(=O)O)c2ccc(F)cc21. The van der Waals surface area contributed by atoms with Gasteiger partial charge < -0.3 is 14.9 Å². The van der Waals surface area contributed by atoms with Crippen molar-refractivity contribution in [3.8, 4) is 0 Å². The van der Waals surface area contributed by atoms with Gasteiger partial charge in [-0.05, 0) is 18.2 Å². The highest BCUT2D eigenvalue weighted by Gasteiger charge is 2.25. The van der Waals surface area contributed by atoms with Crippen LogP contribution in [-0.2, 0) is 9.59 Å². The van der Waals surface area contributed by atoms with Gasteiger partial charge in [-0.2, -0.15) is 0 Å². The summed E-state index contributed by atoms with van der Waals surface area (Å²) < 4.78 is 13.2. The molecule has 0 aromatic heterocycles. The van der Waals surface area contributed by atoms with E-state index in [-0.39, 0.29) is 18.9 Å². The number of benzene rings is 1. The van der Waals surface area contributed by atoms with Gasteiger partial charge in [0.2, 0.25) is 5.91 Å². The lowest BCUT2D eigenvalue weighted by molar-refractivity contribution is -0.135. The highest BCUT2D eigenvalue weighted by Crippen LogP contribution is 2.32. The molecular weight excluding hydrogens is 239 g/mol. The maximum Gasteiger partial charge on any atom is 0.323 e. The molecule has 0 saturated heterocycles. The van der Waals surface area contributed by atoms with E-state index in [1.807, 2.05) is 0 Å². The summed E-state index contributed by atoms with van der Waals surface area (Å²) >= 11 is 0. The molecule has 96 valence electrons. The molecule has 1 amide bonds. The first-order valence-corrected chi connectivity index (χ1v) is 5.52. The van der Waals surface area contributed by atoms with Gasteiger partial charge in [0, 0.05) is 20.0 Å². The van der Waals surface area contributed by atoms with E-state index in [1.54, 1.807) is 11.9 Å². The van der Waals surface area contributed by atoms with Crippen molar-refractivity contribution in [2.24, 2.45) is 0 Å². The Hall–Kier alpha value is -2.11. The number of carboxylic acid groups (broad SMARTS) is 1. The number of amides is 1. The van der Waals surface area contributed by atoms with Crippen molar-refractivity contribution in [3.63, 3.8) is 0 Å². The molecule has 0 aliphatic carbocycles. The zero-order valence-corrected chi connectivity index (χ0v) is 9.89. The van der Waals surface area contributed by atoms with E-state index in [9.17, 15) is 14.0 Å². The van der Waals surface area contributed by atoms with E-state index in [4.69, 9.17) is 5.11 Å². The normalized spacial score (nSPS) is 15.3. The first-order valence-electron chi connectivity index (χ1n) is 5.52. The van der Waals surface area contributed by atoms with Crippen molar-refractivity contribution in [2.45, 2.75) is 6.42 Å². The summed E-state index contributed by atoms with van der Waals surface area (Å²) in [5.41, 5.74) is 0.964. The molecule has 18 heavy (non-hydrogen) atoms. The summed E-state index contributed by atoms with van der Waals surface area (Å²) in [5, 5.41) is 8.86. The Kier molecular flexibility index (Phi) is 3.18. The molecule has 1 aromatic rings. The number of rotatable bonds is 2. The Morgan fingerprint density at radius 1 is 1.44 bits per heavy atom. The van der Waals surface area contributed by atoms with Gasteiger partial charge in [0.1, 0.15) is 12.4 Å². The molecule has 1 aliphatic heterocycles. The van der Waals surface area contributed by atoms with Gasteiger partial charge in [0.05, 0.1) is 11.4 Å². The Bertz CT molecular complexity index is 504. The fraction of sp³-hybridized carbons (Fsp3) is 0.333.